The first-order valence-electron chi connectivity index (χ1n) is 17.5. The highest BCUT2D eigenvalue weighted by Crippen LogP contribution is 2.43. The maximum absolute atomic E-state index is 13.5. The van der Waals surface area contributed by atoms with Crippen molar-refractivity contribution in [3.05, 3.63) is 75.8 Å². The quantitative estimate of drug-likeness (QED) is 0.169. The van der Waals surface area contributed by atoms with Crippen LogP contribution in [0.3, 0.4) is 0 Å². The van der Waals surface area contributed by atoms with Crippen molar-refractivity contribution in [2.24, 2.45) is 5.92 Å². The molecule has 0 radical (unpaired) electrons. The van der Waals surface area contributed by atoms with Crippen LogP contribution in [0.4, 0.5) is 10.1 Å². The molecule has 2 N–H and O–H groups in total. The molecule has 1 saturated carbocycles. The minimum absolute atomic E-state index is 0.142. The summed E-state index contributed by atoms with van der Waals surface area (Å²) in [6.07, 6.45) is 5.92. The van der Waals surface area contributed by atoms with Crippen LogP contribution in [0.1, 0.15) is 80.2 Å². The molecule has 2 aliphatic carbocycles. The Morgan fingerprint density at radius 3 is 2.57 bits per heavy atom. The molecule has 6 nitrogen and oxygen atoms in total. The summed E-state index contributed by atoms with van der Waals surface area (Å²) in [6.45, 7) is 9.49. The van der Waals surface area contributed by atoms with Gasteiger partial charge in [0.25, 0.3) is 0 Å². The summed E-state index contributed by atoms with van der Waals surface area (Å²) in [5.41, 5.74) is 8.20. The molecule has 0 spiro atoms. The first kappa shape index (κ1) is 33.8. The van der Waals surface area contributed by atoms with Crippen LogP contribution in [-0.4, -0.2) is 56.2 Å². The number of ketones is 1. The van der Waals surface area contributed by atoms with Gasteiger partial charge in [0.05, 0.1) is 30.0 Å². The molecular weight excluding hydrogens is 613 g/mol. The predicted molar refractivity (Wildman–Crippen MR) is 189 cm³/mol. The number of likely N-dealkylation sites (tertiary alicyclic amines) is 1. The average Bonchev–Trinajstić information content (AvgIpc) is 3.68. The molecule has 252 valence electrons. The Labute approximate surface area is 284 Å². The molecule has 1 unspecified atom stereocenters. The van der Waals surface area contributed by atoms with Crippen molar-refractivity contribution in [2.45, 2.75) is 84.0 Å². The van der Waals surface area contributed by atoms with Crippen LogP contribution in [0, 0.1) is 12.8 Å². The number of alkyl halides is 1. The van der Waals surface area contributed by atoms with Crippen LogP contribution < -0.4 is 20.1 Å². The summed E-state index contributed by atoms with van der Waals surface area (Å²) in [7, 11) is 0. The number of anilines is 1. The highest BCUT2D eigenvalue weighted by molar-refractivity contribution is 6.33. The molecular formula is C39H49ClFN3O3. The fourth-order valence-electron chi connectivity index (χ4n) is 7.51. The molecule has 3 aromatic carbocycles. The highest BCUT2D eigenvalue weighted by atomic mass is 35.5. The van der Waals surface area contributed by atoms with Crippen molar-refractivity contribution in [2.75, 3.05) is 44.7 Å². The zero-order chi connectivity index (χ0) is 32.8. The van der Waals surface area contributed by atoms with Gasteiger partial charge < -0.3 is 25.0 Å². The molecule has 2 atom stereocenters. The van der Waals surface area contributed by atoms with Crippen LogP contribution in [0.25, 0.3) is 11.1 Å². The second-order valence-electron chi connectivity index (χ2n) is 13.4. The number of piperidine rings is 1. The van der Waals surface area contributed by atoms with E-state index in [1.165, 1.54) is 22.3 Å². The lowest BCUT2D eigenvalue weighted by Gasteiger charge is -2.28. The average molecular weight is 662 g/mol. The van der Waals surface area contributed by atoms with Gasteiger partial charge in [-0.1, -0.05) is 41.9 Å². The van der Waals surface area contributed by atoms with Gasteiger partial charge in [-0.05, 0) is 105 Å². The fraction of sp³-hybridized carbons (Fsp3) is 0.513. The molecule has 0 amide bonds. The van der Waals surface area contributed by atoms with Gasteiger partial charge in [0.1, 0.15) is 23.5 Å². The van der Waals surface area contributed by atoms with E-state index in [4.69, 9.17) is 21.1 Å². The highest BCUT2D eigenvalue weighted by Gasteiger charge is 2.27. The lowest BCUT2D eigenvalue weighted by atomic mass is 9.93. The van der Waals surface area contributed by atoms with Gasteiger partial charge in [0, 0.05) is 50.7 Å². The smallest absolute Gasteiger partial charge is 0.133 e. The van der Waals surface area contributed by atoms with E-state index in [1.807, 2.05) is 19.1 Å². The van der Waals surface area contributed by atoms with E-state index < -0.39 is 6.17 Å². The largest absolute Gasteiger partial charge is 0.493 e. The maximum atomic E-state index is 13.5. The van der Waals surface area contributed by atoms with E-state index in [9.17, 15) is 9.18 Å². The Bertz CT molecular complexity index is 1540. The Morgan fingerprint density at radius 2 is 1.79 bits per heavy atom. The van der Waals surface area contributed by atoms with Crippen LogP contribution in [0.2, 0.25) is 5.02 Å². The minimum atomic E-state index is -0.634. The zero-order valence-electron chi connectivity index (χ0n) is 27.9. The van der Waals surface area contributed by atoms with Crippen molar-refractivity contribution in [3.63, 3.8) is 0 Å². The minimum Gasteiger partial charge on any atom is -0.493 e. The molecule has 1 aliphatic heterocycles. The summed E-state index contributed by atoms with van der Waals surface area (Å²) >= 11 is 6.88. The molecule has 2 fully saturated rings. The van der Waals surface area contributed by atoms with Gasteiger partial charge in [-0.15, -0.1) is 0 Å². The number of nitrogens with one attached hydrogen (secondary N) is 2. The third-order valence-electron chi connectivity index (χ3n) is 10.1. The molecule has 1 saturated heterocycles. The van der Waals surface area contributed by atoms with E-state index >= 15 is 0 Å². The molecule has 47 heavy (non-hydrogen) atoms. The van der Waals surface area contributed by atoms with Gasteiger partial charge in [-0.3, -0.25) is 4.79 Å². The van der Waals surface area contributed by atoms with Crippen LogP contribution in [0.5, 0.6) is 11.5 Å². The number of fused-ring (bicyclic) bond motifs is 1. The maximum Gasteiger partial charge on any atom is 0.133 e. The van der Waals surface area contributed by atoms with Crippen molar-refractivity contribution >= 4 is 23.1 Å². The van der Waals surface area contributed by atoms with E-state index in [0.717, 1.165) is 80.2 Å². The van der Waals surface area contributed by atoms with E-state index in [0.29, 0.717) is 62.2 Å². The topological polar surface area (TPSA) is 62.8 Å². The standard InChI is InChI=1S/C39H49ClFN3O3/c1-3-46-39-23-37(35(40)22-28(39)25-42-24-27-11-12-30(45)21-27)43-36-14-13-33-32(8-4-9-34(33)36)31-7-5-10-38(26(31)2)47-20-6-17-44-18-15-29(41)16-19-44/h4-5,7-10,22-23,27,29,36,42-43H,3,6,11-21,24-25H2,1-2H3/t27-,36?/m1/s1. The Kier molecular flexibility index (Phi) is 11.4. The number of carbonyl (C=O) groups is 1. The molecule has 3 aromatic rings. The van der Waals surface area contributed by atoms with Gasteiger partial charge in [0.15, 0.2) is 0 Å². The summed E-state index contributed by atoms with van der Waals surface area (Å²) in [5.74, 6) is 2.55. The van der Waals surface area contributed by atoms with Crippen molar-refractivity contribution in [3.8, 4) is 22.6 Å². The van der Waals surface area contributed by atoms with E-state index in [2.05, 4.69) is 58.9 Å². The number of carbonyl (C=O) groups excluding carboxylic acids is 1. The third kappa shape index (κ3) is 8.30. The number of hydrogen-bond acceptors (Lipinski definition) is 6. The second kappa shape index (κ2) is 15.8. The van der Waals surface area contributed by atoms with Gasteiger partial charge in [0.2, 0.25) is 0 Å². The summed E-state index contributed by atoms with van der Waals surface area (Å²) in [4.78, 5) is 14.0. The van der Waals surface area contributed by atoms with Gasteiger partial charge in [-0.25, -0.2) is 4.39 Å². The van der Waals surface area contributed by atoms with Crippen molar-refractivity contribution in [1.82, 2.24) is 10.2 Å². The Balaban J connectivity index is 1.11. The number of ether oxygens (including phenoxy) is 2. The molecule has 8 heteroatoms. The number of halogens is 2. The van der Waals surface area contributed by atoms with Gasteiger partial charge >= 0.3 is 0 Å². The molecule has 0 aromatic heterocycles. The molecule has 0 bridgehead atoms. The van der Waals surface area contributed by atoms with Crippen LogP contribution >= 0.6 is 11.6 Å². The SMILES string of the molecule is CCOc1cc(NC2CCc3c(-c4cccc(OCCCN5CCC(F)CC5)c4C)cccc32)c(Cl)cc1CNC[C@@H]1CCC(=O)C1. The van der Waals surface area contributed by atoms with Crippen LogP contribution in [0.15, 0.2) is 48.5 Å². The third-order valence-corrected chi connectivity index (χ3v) is 10.4. The van der Waals surface area contributed by atoms with Crippen molar-refractivity contribution in [1.29, 1.82) is 0 Å². The Morgan fingerprint density at radius 1 is 0.979 bits per heavy atom. The first-order chi connectivity index (χ1) is 22.9. The summed E-state index contributed by atoms with van der Waals surface area (Å²) in [6, 6.07) is 17.2. The Hall–Kier alpha value is -3.13. The monoisotopic (exact) mass is 661 g/mol. The lowest BCUT2D eigenvalue weighted by Crippen LogP contribution is -2.35. The normalized spacial score (nSPS) is 20.0. The fourth-order valence-corrected chi connectivity index (χ4v) is 7.75. The van der Waals surface area contributed by atoms with Crippen LogP contribution in [-0.2, 0) is 17.8 Å². The molecule has 6 rings (SSSR count). The predicted octanol–water partition coefficient (Wildman–Crippen LogP) is 8.48. The number of nitrogens with zero attached hydrogens (tertiary/aromatic N) is 1. The van der Waals surface area contributed by atoms with E-state index in [1.54, 1.807) is 0 Å². The zero-order valence-corrected chi connectivity index (χ0v) is 28.6. The molecule has 1 heterocycles. The second-order valence-corrected chi connectivity index (χ2v) is 13.8. The number of Topliss-reactive ketones (excluding diaryl/α,β-unsaturated/α-hetero) is 1. The number of rotatable bonds is 14. The summed E-state index contributed by atoms with van der Waals surface area (Å²) in [5, 5.41) is 7.95. The summed E-state index contributed by atoms with van der Waals surface area (Å²) < 4.78 is 25.8. The molecule has 3 aliphatic rings. The number of benzene rings is 3. The first-order valence-corrected chi connectivity index (χ1v) is 17.9. The lowest BCUT2D eigenvalue weighted by molar-refractivity contribution is -0.117. The van der Waals surface area contributed by atoms with Gasteiger partial charge in [-0.2, -0.15) is 0 Å². The number of hydrogen-bond donors (Lipinski definition) is 2. The van der Waals surface area contributed by atoms with E-state index in [-0.39, 0.29) is 6.04 Å². The van der Waals surface area contributed by atoms with Crippen molar-refractivity contribution < 1.29 is 18.7 Å².